The molecule has 0 aromatic heterocycles. The molecule has 0 nitrogen and oxygen atoms in total. The van der Waals surface area contributed by atoms with Gasteiger partial charge in [-0.3, -0.25) is 0 Å². The van der Waals surface area contributed by atoms with Crippen molar-refractivity contribution < 1.29 is 0 Å². The van der Waals surface area contributed by atoms with E-state index in [9.17, 15) is 0 Å². The highest BCUT2D eigenvalue weighted by Gasteiger charge is 2.34. The van der Waals surface area contributed by atoms with Crippen LogP contribution in [-0.4, -0.2) is 8.07 Å². The van der Waals surface area contributed by atoms with Crippen molar-refractivity contribution in [2.75, 3.05) is 0 Å². The first kappa shape index (κ1) is 10.8. The van der Waals surface area contributed by atoms with E-state index in [0.29, 0.717) is 0 Å². The minimum Gasteiger partial charge on any atom is -0.0675 e. The van der Waals surface area contributed by atoms with E-state index in [1.165, 1.54) is 23.2 Å². The average molecular weight is 238 g/mol. The summed E-state index contributed by atoms with van der Waals surface area (Å²) < 4.78 is 0. The minimum absolute atomic E-state index is 1.28. The molecule has 86 valence electrons. The van der Waals surface area contributed by atoms with Crippen molar-refractivity contribution in [3.63, 3.8) is 0 Å². The molecule has 0 bridgehead atoms. The molecule has 0 amide bonds. The molecule has 3 rings (SSSR count). The maximum atomic E-state index is 2.53. The van der Waals surface area contributed by atoms with Gasteiger partial charge >= 0.3 is 0 Å². The normalized spacial score (nSPS) is 21.8. The third kappa shape index (κ3) is 1.57. The quantitative estimate of drug-likeness (QED) is 0.664. The zero-order chi connectivity index (χ0) is 11.9. The Labute approximate surface area is 104 Å². The van der Waals surface area contributed by atoms with Crippen LogP contribution in [0.2, 0.25) is 12.6 Å². The summed E-state index contributed by atoms with van der Waals surface area (Å²) in [6, 6.07) is 20.6. The van der Waals surface area contributed by atoms with E-state index in [-0.39, 0.29) is 0 Å². The second-order valence-corrected chi connectivity index (χ2v) is 10.0. The lowest BCUT2D eigenvalue weighted by atomic mass is 10.00. The Bertz CT molecular complexity index is 559. The molecule has 0 aliphatic carbocycles. The first-order valence-electron chi connectivity index (χ1n) is 6.42. The lowest BCUT2D eigenvalue weighted by Gasteiger charge is -2.34. The van der Waals surface area contributed by atoms with Gasteiger partial charge < -0.3 is 0 Å². The zero-order valence-corrected chi connectivity index (χ0v) is 11.5. The van der Waals surface area contributed by atoms with Crippen LogP contribution in [0.15, 0.2) is 48.5 Å². The monoisotopic (exact) mass is 238 g/mol. The van der Waals surface area contributed by atoms with Crippen molar-refractivity contribution in [1.29, 1.82) is 0 Å². The van der Waals surface area contributed by atoms with Gasteiger partial charge in [-0.2, -0.15) is 0 Å². The molecule has 0 fully saturated rings. The fourth-order valence-electron chi connectivity index (χ4n) is 3.01. The Morgan fingerprint density at radius 1 is 0.941 bits per heavy atom. The number of rotatable bonds is 1. The highest BCUT2D eigenvalue weighted by atomic mass is 28.3. The van der Waals surface area contributed by atoms with E-state index in [1.807, 2.05) is 0 Å². The molecule has 0 radical (unpaired) electrons. The lowest BCUT2D eigenvalue weighted by Crippen LogP contribution is -2.49. The highest BCUT2D eigenvalue weighted by Crippen LogP contribution is 2.33. The van der Waals surface area contributed by atoms with Gasteiger partial charge in [0.15, 0.2) is 0 Å². The number of benzene rings is 2. The van der Waals surface area contributed by atoms with E-state index in [2.05, 4.69) is 62.0 Å². The van der Waals surface area contributed by atoms with Crippen molar-refractivity contribution >= 4 is 13.3 Å². The Balaban J connectivity index is 2.30. The van der Waals surface area contributed by atoms with Gasteiger partial charge in [0, 0.05) is 0 Å². The van der Waals surface area contributed by atoms with Crippen LogP contribution in [0.1, 0.15) is 12.5 Å². The van der Waals surface area contributed by atoms with Gasteiger partial charge in [-0.05, 0) is 22.7 Å². The summed E-state index contributed by atoms with van der Waals surface area (Å²) >= 11 is 0. The highest BCUT2D eigenvalue weighted by molar-refractivity contribution is 6.91. The standard InChI is InChI=1S/C16H18Si/c1-3-17(2)12-13-8-4-5-9-14(13)15-10-6-7-11-16(15)17/h4-11H,3,12H2,1-2H3. The Kier molecular flexibility index (Phi) is 2.44. The van der Waals surface area contributed by atoms with Gasteiger partial charge in [-0.1, -0.05) is 73.2 Å². The first-order valence-corrected chi connectivity index (χ1v) is 9.34. The molecule has 0 saturated carbocycles. The molecule has 2 aromatic rings. The fraction of sp³-hybridized carbons (Fsp3) is 0.250. The number of fused-ring (bicyclic) bond motifs is 3. The maximum absolute atomic E-state index is 2.53. The third-order valence-electron chi connectivity index (χ3n) is 4.25. The van der Waals surface area contributed by atoms with Crippen molar-refractivity contribution in [1.82, 2.24) is 0 Å². The summed E-state index contributed by atoms with van der Waals surface area (Å²) in [4.78, 5) is 0. The summed E-state index contributed by atoms with van der Waals surface area (Å²) in [6.45, 7) is 4.89. The van der Waals surface area contributed by atoms with E-state index >= 15 is 0 Å². The summed E-state index contributed by atoms with van der Waals surface area (Å²) in [5, 5.41) is 1.65. The van der Waals surface area contributed by atoms with Crippen molar-refractivity contribution in [2.24, 2.45) is 0 Å². The molecule has 1 heterocycles. The molecule has 0 saturated heterocycles. The van der Waals surface area contributed by atoms with Crippen molar-refractivity contribution in [3.05, 3.63) is 54.1 Å². The van der Waals surface area contributed by atoms with E-state index in [1.54, 1.807) is 10.8 Å². The summed E-state index contributed by atoms with van der Waals surface area (Å²) in [6.07, 6.45) is 0. The molecular weight excluding hydrogens is 220 g/mol. The van der Waals surface area contributed by atoms with Gasteiger partial charge in [0.05, 0.1) is 8.07 Å². The van der Waals surface area contributed by atoms with Gasteiger partial charge in [0.25, 0.3) is 0 Å². The van der Waals surface area contributed by atoms with Gasteiger partial charge in [-0.25, -0.2) is 0 Å². The fourth-order valence-corrected chi connectivity index (χ4v) is 6.35. The summed E-state index contributed by atoms with van der Waals surface area (Å²) in [5.74, 6) is 0. The smallest absolute Gasteiger partial charge is 0.0675 e. The van der Waals surface area contributed by atoms with Crippen LogP contribution < -0.4 is 5.19 Å². The molecule has 1 heteroatoms. The average Bonchev–Trinajstić information content (AvgIpc) is 2.39. The van der Waals surface area contributed by atoms with Gasteiger partial charge in [0.2, 0.25) is 0 Å². The van der Waals surface area contributed by atoms with Crippen molar-refractivity contribution in [2.45, 2.75) is 25.6 Å². The Morgan fingerprint density at radius 3 is 2.35 bits per heavy atom. The molecule has 1 aliphatic heterocycles. The Morgan fingerprint density at radius 2 is 1.59 bits per heavy atom. The van der Waals surface area contributed by atoms with Gasteiger partial charge in [0.1, 0.15) is 0 Å². The maximum Gasteiger partial charge on any atom is 0.0885 e. The molecule has 0 N–H and O–H groups in total. The molecule has 2 aromatic carbocycles. The van der Waals surface area contributed by atoms with Crippen LogP contribution in [0.4, 0.5) is 0 Å². The molecule has 1 unspecified atom stereocenters. The molecule has 17 heavy (non-hydrogen) atoms. The largest absolute Gasteiger partial charge is 0.0885 e. The number of hydrogen-bond donors (Lipinski definition) is 0. The molecule has 0 spiro atoms. The van der Waals surface area contributed by atoms with Gasteiger partial charge in [-0.15, -0.1) is 0 Å². The van der Waals surface area contributed by atoms with Crippen LogP contribution in [0.5, 0.6) is 0 Å². The van der Waals surface area contributed by atoms with E-state index in [4.69, 9.17) is 0 Å². The van der Waals surface area contributed by atoms with E-state index < -0.39 is 8.07 Å². The lowest BCUT2D eigenvalue weighted by molar-refractivity contribution is 1.23. The predicted octanol–water partition coefficient (Wildman–Crippen LogP) is 3.75. The summed E-state index contributed by atoms with van der Waals surface area (Å²) in [5.41, 5.74) is 4.51. The summed E-state index contributed by atoms with van der Waals surface area (Å²) in [7, 11) is -1.28. The van der Waals surface area contributed by atoms with Crippen LogP contribution >= 0.6 is 0 Å². The van der Waals surface area contributed by atoms with E-state index in [0.717, 1.165) is 0 Å². The molecule has 1 atom stereocenters. The second-order valence-electron chi connectivity index (χ2n) is 5.29. The minimum atomic E-state index is -1.28. The first-order chi connectivity index (χ1) is 8.24. The SMILES string of the molecule is CC[Si]1(C)Cc2ccccc2-c2ccccc21. The number of hydrogen-bond acceptors (Lipinski definition) is 0. The molecular formula is C16H18Si. The second kappa shape index (κ2) is 3.85. The van der Waals surface area contributed by atoms with Crippen LogP contribution in [-0.2, 0) is 6.04 Å². The van der Waals surface area contributed by atoms with Crippen LogP contribution in [0, 0.1) is 0 Å². The Hall–Kier alpha value is -1.34. The van der Waals surface area contributed by atoms with Crippen LogP contribution in [0.25, 0.3) is 11.1 Å². The predicted molar refractivity (Wildman–Crippen MR) is 77.3 cm³/mol. The topological polar surface area (TPSA) is 0 Å². The van der Waals surface area contributed by atoms with Crippen LogP contribution in [0.3, 0.4) is 0 Å². The third-order valence-corrected chi connectivity index (χ3v) is 8.70. The zero-order valence-electron chi connectivity index (χ0n) is 10.5. The van der Waals surface area contributed by atoms with Crippen molar-refractivity contribution in [3.8, 4) is 11.1 Å². The molecule has 1 aliphatic rings.